The smallest absolute Gasteiger partial charge is 0.0426 e. The molecule has 0 unspecified atom stereocenters. The van der Waals surface area contributed by atoms with Crippen LogP contribution in [0.25, 0.3) is 0 Å². The molecule has 0 saturated heterocycles. The summed E-state index contributed by atoms with van der Waals surface area (Å²) >= 11 is 6.12. The van der Waals surface area contributed by atoms with Crippen molar-refractivity contribution in [1.29, 1.82) is 0 Å². The van der Waals surface area contributed by atoms with Crippen LogP contribution < -0.4 is 10.6 Å². The van der Waals surface area contributed by atoms with Crippen LogP contribution in [0.5, 0.6) is 0 Å². The first-order valence-electron chi connectivity index (χ1n) is 6.67. The molecule has 102 valence electrons. The van der Waals surface area contributed by atoms with Gasteiger partial charge in [0.2, 0.25) is 0 Å². The van der Waals surface area contributed by atoms with E-state index in [4.69, 9.17) is 17.3 Å². The van der Waals surface area contributed by atoms with Crippen molar-refractivity contribution in [3.63, 3.8) is 0 Å². The van der Waals surface area contributed by atoms with E-state index in [-0.39, 0.29) is 0 Å². The summed E-state index contributed by atoms with van der Waals surface area (Å²) < 4.78 is 0. The van der Waals surface area contributed by atoms with Crippen molar-refractivity contribution in [2.75, 3.05) is 18.0 Å². The molecule has 0 saturated carbocycles. The Labute approximate surface area is 116 Å². The van der Waals surface area contributed by atoms with Gasteiger partial charge in [0.15, 0.2) is 0 Å². The molecule has 3 heteroatoms. The first-order valence-corrected chi connectivity index (χ1v) is 7.05. The van der Waals surface area contributed by atoms with Gasteiger partial charge in [-0.25, -0.2) is 0 Å². The largest absolute Gasteiger partial charge is 0.371 e. The van der Waals surface area contributed by atoms with E-state index >= 15 is 0 Å². The van der Waals surface area contributed by atoms with Gasteiger partial charge in [0.1, 0.15) is 0 Å². The topological polar surface area (TPSA) is 29.3 Å². The molecule has 0 amide bonds. The number of anilines is 1. The van der Waals surface area contributed by atoms with E-state index in [9.17, 15) is 0 Å². The Morgan fingerprint density at radius 2 is 1.67 bits per heavy atom. The fourth-order valence-electron chi connectivity index (χ4n) is 2.16. The lowest BCUT2D eigenvalue weighted by Gasteiger charge is -2.30. The highest BCUT2D eigenvalue weighted by molar-refractivity contribution is 6.30. The summed E-state index contributed by atoms with van der Waals surface area (Å²) in [5.74, 6) is 1.24. The number of hydrogen-bond donors (Lipinski definition) is 1. The van der Waals surface area contributed by atoms with Crippen molar-refractivity contribution in [1.82, 2.24) is 0 Å². The maximum absolute atomic E-state index is 6.12. The molecule has 2 nitrogen and oxygen atoms in total. The number of nitrogens with zero attached hydrogens (tertiary/aromatic N) is 1. The molecule has 0 radical (unpaired) electrons. The zero-order valence-corrected chi connectivity index (χ0v) is 12.7. The average molecular weight is 269 g/mol. The Hall–Kier alpha value is -0.730. The van der Waals surface area contributed by atoms with Gasteiger partial charge in [0.05, 0.1) is 0 Å². The lowest BCUT2D eigenvalue weighted by atomic mass is 10.1. The summed E-state index contributed by atoms with van der Waals surface area (Å²) in [6.07, 6.45) is 0. The molecule has 18 heavy (non-hydrogen) atoms. The van der Waals surface area contributed by atoms with E-state index in [1.807, 2.05) is 18.2 Å². The molecule has 2 N–H and O–H groups in total. The van der Waals surface area contributed by atoms with Crippen molar-refractivity contribution in [3.8, 4) is 0 Å². The van der Waals surface area contributed by atoms with Crippen molar-refractivity contribution < 1.29 is 0 Å². The van der Waals surface area contributed by atoms with Gasteiger partial charge in [-0.3, -0.25) is 0 Å². The van der Waals surface area contributed by atoms with Crippen LogP contribution in [-0.2, 0) is 6.54 Å². The highest BCUT2D eigenvalue weighted by Crippen LogP contribution is 2.26. The fraction of sp³-hybridized carbons (Fsp3) is 0.600. The minimum absolute atomic E-state index is 0.555. The van der Waals surface area contributed by atoms with E-state index in [1.54, 1.807) is 0 Å². The van der Waals surface area contributed by atoms with Gasteiger partial charge in [-0.2, -0.15) is 0 Å². The van der Waals surface area contributed by atoms with Crippen LogP contribution in [0.2, 0.25) is 5.02 Å². The molecule has 0 aliphatic heterocycles. The normalized spacial score (nSPS) is 11.3. The van der Waals surface area contributed by atoms with Crippen LogP contribution in [0.4, 0.5) is 5.69 Å². The first kappa shape index (κ1) is 15.3. The van der Waals surface area contributed by atoms with E-state index in [0.717, 1.165) is 18.1 Å². The summed E-state index contributed by atoms with van der Waals surface area (Å²) in [5.41, 5.74) is 8.19. The first-order chi connectivity index (χ1) is 8.43. The lowest BCUT2D eigenvalue weighted by Crippen LogP contribution is -2.32. The third-order valence-electron chi connectivity index (χ3n) is 2.78. The van der Waals surface area contributed by atoms with Crippen molar-refractivity contribution in [2.24, 2.45) is 17.6 Å². The number of halogens is 1. The summed E-state index contributed by atoms with van der Waals surface area (Å²) in [6.45, 7) is 11.6. The molecule has 0 bridgehead atoms. The summed E-state index contributed by atoms with van der Waals surface area (Å²) in [4.78, 5) is 2.41. The molecule has 0 spiro atoms. The molecule has 1 aromatic carbocycles. The SMILES string of the molecule is CC(C)CN(CC(C)C)c1cc(Cl)ccc1CN. The predicted octanol–water partition coefficient (Wildman–Crippen LogP) is 3.92. The molecule has 0 aliphatic rings. The van der Waals surface area contributed by atoms with Crippen LogP contribution in [0.1, 0.15) is 33.3 Å². The Kier molecular flexibility index (Phi) is 5.97. The molecule has 1 aromatic rings. The van der Waals surface area contributed by atoms with E-state index < -0.39 is 0 Å². The molecule has 0 heterocycles. The monoisotopic (exact) mass is 268 g/mol. The molecule has 0 aromatic heterocycles. The number of nitrogens with two attached hydrogens (primary N) is 1. The van der Waals surface area contributed by atoms with Gasteiger partial charge >= 0.3 is 0 Å². The van der Waals surface area contributed by atoms with Gasteiger partial charge in [0.25, 0.3) is 0 Å². The minimum atomic E-state index is 0.555. The fourth-order valence-corrected chi connectivity index (χ4v) is 2.32. The Bertz CT molecular complexity index is 365. The van der Waals surface area contributed by atoms with Crippen LogP contribution in [0.3, 0.4) is 0 Å². The van der Waals surface area contributed by atoms with Crippen molar-refractivity contribution in [2.45, 2.75) is 34.2 Å². The van der Waals surface area contributed by atoms with Gasteiger partial charge in [-0.1, -0.05) is 45.4 Å². The van der Waals surface area contributed by atoms with E-state index in [2.05, 4.69) is 32.6 Å². The van der Waals surface area contributed by atoms with Crippen molar-refractivity contribution >= 4 is 17.3 Å². The Morgan fingerprint density at radius 3 is 2.11 bits per heavy atom. The van der Waals surface area contributed by atoms with Crippen LogP contribution in [0, 0.1) is 11.8 Å². The Balaban J connectivity index is 3.05. The molecular formula is C15H25ClN2. The van der Waals surface area contributed by atoms with Crippen LogP contribution >= 0.6 is 11.6 Å². The molecule has 0 aliphatic carbocycles. The average Bonchev–Trinajstić information content (AvgIpc) is 2.26. The highest BCUT2D eigenvalue weighted by atomic mass is 35.5. The second-order valence-corrected chi connectivity index (χ2v) is 6.11. The molecule has 1 rings (SSSR count). The summed E-state index contributed by atoms with van der Waals surface area (Å²) in [7, 11) is 0. The van der Waals surface area contributed by atoms with Gasteiger partial charge < -0.3 is 10.6 Å². The zero-order chi connectivity index (χ0) is 13.7. The minimum Gasteiger partial charge on any atom is -0.371 e. The number of hydrogen-bond acceptors (Lipinski definition) is 2. The highest BCUT2D eigenvalue weighted by Gasteiger charge is 2.14. The predicted molar refractivity (Wildman–Crippen MR) is 81.2 cm³/mol. The molecule has 0 atom stereocenters. The van der Waals surface area contributed by atoms with Gasteiger partial charge in [-0.15, -0.1) is 0 Å². The van der Waals surface area contributed by atoms with E-state index in [0.29, 0.717) is 18.4 Å². The number of rotatable bonds is 6. The molecule has 0 fully saturated rings. The second-order valence-electron chi connectivity index (χ2n) is 5.67. The maximum atomic E-state index is 6.12. The maximum Gasteiger partial charge on any atom is 0.0426 e. The second kappa shape index (κ2) is 7.01. The van der Waals surface area contributed by atoms with Crippen LogP contribution in [0.15, 0.2) is 18.2 Å². The standard InChI is InChI=1S/C15H25ClN2/c1-11(2)9-18(10-12(3)4)15-7-14(16)6-5-13(15)8-17/h5-7,11-12H,8-10,17H2,1-4H3. The van der Waals surface area contributed by atoms with Gasteiger partial charge in [-0.05, 0) is 29.5 Å². The molecular weight excluding hydrogens is 244 g/mol. The Morgan fingerprint density at radius 1 is 1.11 bits per heavy atom. The quantitative estimate of drug-likeness (QED) is 0.847. The number of benzene rings is 1. The van der Waals surface area contributed by atoms with Crippen molar-refractivity contribution in [3.05, 3.63) is 28.8 Å². The van der Waals surface area contributed by atoms with Gasteiger partial charge in [0, 0.05) is 30.3 Å². The lowest BCUT2D eigenvalue weighted by molar-refractivity contribution is 0.551. The third kappa shape index (κ3) is 4.51. The summed E-state index contributed by atoms with van der Waals surface area (Å²) in [6, 6.07) is 5.98. The third-order valence-corrected chi connectivity index (χ3v) is 3.01. The summed E-state index contributed by atoms with van der Waals surface area (Å²) in [5, 5.41) is 0.778. The van der Waals surface area contributed by atoms with Crippen LogP contribution in [-0.4, -0.2) is 13.1 Å². The zero-order valence-electron chi connectivity index (χ0n) is 11.9. The van der Waals surface area contributed by atoms with E-state index in [1.165, 1.54) is 11.3 Å².